The lowest BCUT2D eigenvalue weighted by molar-refractivity contribution is -0.121. The molecule has 1 aromatic carbocycles. The van der Waals surface area contributed by atoms with Crippen molar-refractivity contribution in [2.45, 2.75) is 62.1 Å². The third-order valence-corrected chi connectivity index (χ3v) is 4.92. The van der Waals surface area contributed by atoms with Crippen LogP contribution in [0.15, 0.2) is 29.2 Å². The highest BCUT2D eigenvalue weighted by molar-refractivity contribution is 8.00. The van der Waals surface area contributed by atoms with Gasteiger partial charge in [-0.25, -0.2) is 0 Å². The van der Waals surface area contributed by atoms with E-state index < -0.39 is 0 Å². The molecule has 1 atom stereocenters. The van der Waals surface area contributed by atoms with E-state index in [-0.39, 0.29) is 17.1 Å². The molecule has 0 heterocycles. The van der Waals surface area contributed by atoms with Crippen molar-refractivity contribution < 1.29 is 9.59 Å². The van der Waals surface area contributed by atoms with Crippen LogP contribution in [0.1, 0.15) is 46.0 Å². The molecule has 2 rings (SSSR count). The lowest BCUT2D eigenvalue weighted by Gasteiger charge is -2.24. The van der Waals surface area contributed by atoms with Crippen LogP contribution in [0.5, 0.6) is 0 Å². The molecule has 0 bridgehead atoms. The van der Waals surface area contributed by atoms with Crippen LogP contribution in [0, 0.1) is 0 Å². The van der Waals surface area contributed by atoms with Crippen LogP contribution in [0.4, 0.5) is 5.69 Å². The lowest BCUT2D eigenvalue weighted by atomic mass is 9.95. The largest absolute Gasteiger partial charge is 0.352 e. The minimum absolute atomic E-state index is 0.0827. The Balaban J connectivity index is 1.83. The fourth-order valence-electron chi connectivity index (χ4n) is 2.64. The number of anilines is 1. The van der Waals surface area contributed by atoms with Crippen LogP contribution < -0.4 is 10.6 Å². The molecule has 1 aromatic rings. The normalized spacial score (nSPS) is 16.8. The Labute approximate surface area is 136 Å². The Bertz CT molecular complexity index is 510. The molecule has 0 spiro atoms. The van der Waals surface area contributed by atoms with Crippen LogP contribution in [0.3, 0.4) is 0 Å². The monoisotopic (exact) mass is 320 g/mol. The Morgan fingerprint density at radius 2 is 1.77 bits per heavy atom. The van der Waals surface area contributed by atoms with E-state index >= 15 is 0 Å². The number of thioether (sulfide) groups is 1. The summed E-state index contributed by atoms with van der Waals surface area (Å²) in [6, 6.07) is 7.93. The van der Waals surface area contributed by atoms with E-state index in [4.69, 9.17) is 0 Å². The predicted octanol–water partition coefficient (Wildman–Crippen LogP) is 3.57. The van der Waals surface area contributed by atoms with Crippen LogP contribution in [0.2, 0.25) is 0 Å². The van der Waals surface area contributed by atoms with Gasteiger partial charge in [-0.2, -0.15) is 0 Å². The summed E-state index contributed by atoms with van der Waals surface area (Å²) in [6.07, 6.45) is 5.94. The van der Waals surface area contributed by atoms with Gasteiger partial charge in [0.2, 0.25) is 11.8 Å². The van der Waals surface area contributed by atoms with Gasteiger partial charge in [0.05, 0.1) is 5.25 Å². The molecule has 2 amide bonds. The van der Waals surface area contributed by atoms with E-state index in [0.717, 1.165) is 23.4 Å². The Kier molecular flexibility index (Phi) is 6.31. The molecule has 1 fully saturated rings. The van der Waals surface area contributed by atoms with Gasteiger partial charge in [0, 0.05) is 23.5 Å². The van der Waals surface area contributed by atoms with Crippen molar-refractivity contribution in [3.63, 3.8) is 0 Å². The van der Waals surface area contributed by atoms with Gasteiger partial charge < -0.3 is 10.6 Å². The zero-order chi connectivity index (χ0) is 15.9. The molecule has 4 nitrogen and oxygen atoms in total. The molecule has 120 valence electrons. The summed E-state index contributed by atoms with van der Waals surface area (Å²) in [6.45, 7) is 3.42. The fraction of sp³-hybridized carbons (Fsp3) is 0.529. The first kappa shape index (κ1) is 16.9. The van der Waals surface area contributed by atoms with Gasteiger partial charge in [-0.1, -0.05) is 19.3 Å². The van der Waals surface area contributed by atoms with Crippen LogP contribution in [-0.2, 0) is 9.59 Å². The van der Waals surface area contributed by atoms with E-state index in [1.165, 1.54) is 26.2 Å². The maximum absolute atomic E-state index is 12.2. The van der Waals surface area contributed by atoms with E-state index in [9.17, 15) is 9.59 Å². The summed E-state index contributed by atoms with van der Waals surface area (Å²) in [5, 5.41) is 5.78. The standard InChI is InChI=1S/C17H24N2O2S/c1-12(17(21)19-14-6-4-3-5-7-14)22-16-10-8-15(9-11-16)18-13(2)20/h8-12,14H,3-7H2,1-2H3,(H,18,20)(H,19,21). The van der Waals surface area contributed by atoms with Crippen molar-refractivity contribution >= 4 is 29.3 Å². The highest BCUT2D eigenvalue weighted by Crippen LogP contribution is 2.25. The molecule has 0 aromatic heterocycles. The van der Waals surface area contributed by atoms with Gasteiger partial charge in [-0.15, -0.1) is 11.8 Å². The van der Waals surface area contributed by atoms with Crippen LogP contribution >= 0.6 is 11.8 Å². The molecule has 0 saturated heterocycles. The third-order valence-electron chi connectivity index (χ3n) is 3.81. The number of carbonyl (C=O) groups excluding carboxylic acids is 2. The highest BCUT2D eigenvalue weighted by Gasteiger charge is 2.20. The minimum atomic E-state index is -0.117. The van der Waals surface area contributed by atoms with Crippen LogP contribution in [0.25, 0.3) is 0 Å². The van der Waals surface area contributed by atoms with Crippen molar-refractivity contribution in [3.05, 3.63) is 24.3 Å². The highest BCUT2D eigenvalue weighted by atomic mass is 32.2. The quantitative estimate of drug-likeness (QED) is 0.815. The fourth-order valence-corrected chi connectivity index (χ4v) is 3.52. The smallest absolute Gasteiger partial charge is 0.233 e. The van der Waals surface area contributed by atoms with Crippen molar-refractivity contribution in [1.29, 1.82) is 0 Å². The first-order chi connectivity index (χ1) is 10.5. The van der Waals surface area contributed by atoms with E-state index in [1.807, 2.05) is 31.2 Å². The second kappa shape index (κ2) is 8.22. The van der Waals surface area contributed by atoms with Crippen molar-refractivity contribution in [3.8, 4) is 0 Å². The first-order valence-electron chi connectivity index (χ1n) is 7.89. The molecule has 1 aliphatic rings. The number of carbonyl (C=O) groups is 2. The molecule has 1 aliphatic carbocycles. The minimum Gasteiger partial charge on any atom is -0.352 e. The SMILES string of the molecule is CC(=O)Nc1ccc(SC(C)C(=O)NC2CCCCC2)cc1. The zero-order valence-corrected chi connectivity index (χ0v) is 14.0. The van der Waals surface area contributed by atoms with Crippen molar-refractivity contribution in [2.75, 3.05) is 5.32 Å². The Morgan fingerprint density at radius 3 is 2.36 bits per heavy atom. The molecule has 2 N–H and O–H groups in total. The maximum Gasteiger partial charge on any atom is 0.233 e. The number of rotatable bonds is 5. The molecule has 0 radical (unpaired) electrons. The molecular weight excluding hydrogens is 296 g/mol. The van der Waals surface area contributed by atoms with E-state index in [0.29, 0.717) is 6.04 Å². The van der Waals surface area contributed by atoms with Crippen molar-refractivity contribution in [2.24, 2.45) is 0 Å². The number of hydrogen-bond acceptors (Lipinski definition) is 3. The molecule has 5 heteroatoms. The molecule has 0 aliphatic heterocycles. The first-order valence-corrected chi connectivity index (χ1v) is 8.77. The number of amides is 2. The Morgan fingerprint density at radius 1 is 1.14 bits per heavy atom. The summed E-state index contributed by atoms with van der Waals surface area (Å²) in [7, 11) is 0. The van der Waals surface area contributed by atoms with Gasteiger partial charge >= 0.3 is 0 Å². The summed E-state index contributed by atoms with van der Waals surface area (Å²) in [4.78, 5) is 24.3. The van der Waals surface area contributed by atoms with Gasteiger partial charge in [0.25, 0.3) is 0 Å². The summed E-state index contributed by atoms with van der Waals surface area (Å²) in [5.74, 6) is 0.0310. The van der Waals surface area contributed by atoms with Gasteiger partial charge in [-0.05, 0) is 44.0 Å². The second-order valence-corrected chi connectivity index (χ2v) is 7.22. The van der Waals surface area contributed by atoms with Crippen LogP contribution in [-0.4, -0.2) is 23.1 Å². The summed E-state index contributed by atoms with van der Waals surface area (Å²) >= 11 is 1.54. The summed E-state index contributed by atoms with van der Waals surface area (Å²) in [5.41, 5.74) is 0.774. The van der Waals surface area contributed by atoms with Gasteiger partial charge in [-0.3, -0.25) is 9.59 Å². The maximum atomic E-state index is 12.2. The molecular formula is C17H24N2O2S. The predicted molar refractivity (Wildman–Crippen MR) is 91.1 cm³/mol. The van der Waals surface area contributed by atoms with Crippen molar-refractivity contribution in [1.82, 2.24) is 5.32 Å². The number of hydrogen-bond donors (Lipinski definition) is 2. The molecule has 22 heavy (non-hydrogen) atoms. The third kappa shape index (κ3) is 5.37. The van der Waals surface area contributed by atoms with Gasteiger partial charge in [0.15, 0.2) is 0 Å². The Hall–Kier alpha value is -1.49. The van der Waals surface area contributed by atoms with E-state index in [2.05, 4.69) is 10.6 Å². The molecule has 1 saturated carbocycles. The van der Waals surface area contributed by atoms with Gasteiger partial charge in [0.1, 0.15) is 0 Å². The average Bonchev–Trinajstić information content (AvgIpc) is 2.49. The number of nitrogens with one attached hydrogen (secondary N) is 2. The average molecular weight is 320 g/mol. The molecule has 1 unspecified atom stereocenters. The number of benzene rings is 1. The van der Waals surface area contributed by atoms with E-state index in [1.54, 1.807) is 11.8 Å². The topological polar surface area (TPSA) is 58.2 Å². The second-order valence-electron chi connectivity index (χ2n) is 5.81. The summed E-state index contributed by atoms with van der Waals surface area (Å²) < 4.78 is 0. The lowest BCUT2D eigenvalue weighted by Crippen LogP contribution is -2.40. The zero-order valence-electron chi connectivity index (χ0n) is 13.2.